The number of benzene rings is 1. The number of nitrogens with two attached hydrogens (primary N) is 1. The number of anilines is 3. The van der Waals surface area contributed by atoms with Crippen LogP contribution >= 0.6 is 11.6 Å². The number of aromatic nitrogens is 1. The zero-order chi connectivity index (χ0) is 14.8. The van der Waals surface area contributed by atoms with Crippen LogP contribution in [0.1, 0.15) is 5.56 Å². The maximum atomic E-state index is 12.6. The van der Waals surface area contributed by atoms with E-state index >= 15 is 0 Å². The second-order valence-electron chi connectivity index (χ2n) is 3.87. The number of nitrogen functional groups attached to an aromatic ring is 1. The van der Waals surface area contributed by atoms with Gasteiger partial charge in [-0.2, -0.15) is 13.2 Å². The topological polar surface area (TPSA) is 63.0 Å². The molecule has 1 heterocycles. The van der Waals surface area contributed by atoms with Gasteiger partial charge in [0, 0.05) is 0 Å². The van der Waals surface area contributed by atoms with E-state index in [4.69, 9.17) is 17.4 Å². The van der Waals surface area contributed by atoms with Gasteiger partial charge in [-0.1, -0.05) is 17.7 Å². The van der Waals surface area contributed by atoms with Gasteiger partial charge in [0.1, 0.15) is 11.6 Å². The number of pyridine rings is 1. The van der Waals surface area contributed by atoms with E-state index in [0.717, 1.165) is 12.1 Å². The first-order chi connectivity index (χ1) is 9.40. The molecular weight excluding hydrogens is 293 g/mol. The fourth-order valence-corrected chi connectivity index (χ4v) is 1.68. The lowest BCUT2D eigenvalue weighted by Crippen LogP contribution is -2.09. The Hall–Kier alpha value is -1.99. The molecule has 0 amide bonds. The Bertz CT molecular complexity index is 616. The molecular formula is C12H10ClF3N4. The molecule has 0 unspecified atom stereocenters. The lowest BCUT2D eigenvalue weighted by Gasteiger charge is -2.12. The van der Waals surface area contributed by atoms with Crippen molar-refractivity contribution in [1.29, 1.82) is 0 Å². The van der Waals surface area contributed by atoms with Crippen LogP contribution in [0.5, 0.6) is 0 Å². The molecule has 4 nitrogen and oxygen atoms in total. The van der Waals surface area contributed by atoms with E-state index in [1.165, 1.54) is 6.07 Å². The van der Waals surface area contributed by atoms with Gasteiger partial charge in [-0.3, -0.25) is 0 Å². The number of hydrogen-bond donors (Lipinski definition) is 3. The monoisotopic (exact) mass is 302 g/mol. The Kier molecular flexibility index (Phi) is 4.01. The van der Waals surface area contributed by atoms with Gasteiger partial charge in [0.25, 0.3) is 0 Å². The van der Waals surface area contributed by atoms with Crippen molar-refractivity contribution in [3.63, 3.8) is 0 Å². The lowest BCUT2D eigenvalue weighted by atomic mass is 10.2. The number of halogens is 4. The molecule has 1 aromatic carbocycles. The summed E-state index contributed by atoms with van der Waals surface area (Å²) in [5.74, 6) is 5.90. The number of nitrogens with zero attached hydrogens (tertiary/aromatic N) is 1. The largest absolute Gasteiger partial charge is 0.416 e. The van der Waals surface area contributed by atoms with Crippen molar-refractivity contribution in [2.24, 2.45) is 5.84 Å². The van der Waals surface area contributed by atoms with Gasteiger partial charge in [-0.15, -0.1) is 0 Å². The van der Waals surface area contributed by atoms with E-state index in [0.29, 0.717) is 11.6 Å². The van der Waals surface area contributed by atoms with Gasteiger partial charge in [0.2, 0.25) is 0 Å². The second-order valence-corrected chi connectivity index (χ2v) is 4.28. The number of alkyl halides is 3. The molecule has 0 bridgehead atoms. The highest BCUT2D eigenvalue weighted by molar-refractivity contribution is 6.33. The highest BCUT2D eigenvalue weighted by Crippen LogP contribution is 2.34. The molecule has 0 aliphatic heterocycles. The van der Waals surface area contributed by atoms with E-state index in [9.17, 15) is 13.2 Å². The minimum absolute atomic E-state index is 0.114. The first-order valence-electron chi connectivity index (χ1n) is 5.47. The maximum Gasteiger partial charge on any atom is 0.416 e. The number of nitrogens with one attached hydrogen (secondary N) is 2. The van der Waals surface area contributed by atoms with Crippen LogP contribution in [0.2, 0.25) is 5.02 Å². The standard InChI is InChI=1S/C12H10ClF3N4/c13-8-5-4-7(12(14,15)16)6-9(8)18-10-2-1-3-11(19-10)20-17/h1-6H,17H2,(H2,18,19,20). The highest BCUT2D eigenvalue weighted by atomic mass is 35.5. The minimum Gasteiger partial charge on any atom is -0.339 e. The second kappa shape index (κ2) is 5.56. The molecule has 2 aromatic rings. The Morgan fingerprint density at radius 1 is 1.10 bits per heavy atom. The van der Waals surface area contributed by atoms with Crippen molar-refractivity contribution in [1.82, 2.24) is 4.98 Å². The molecule has 0 aliphatic rings. The third kappa shape index (κ3) is 3.31. The van der Waals surface area contributed by atoms with Gasteiger partial charge in [0.05, 0.1) is 16.3 Å². The fourth-order valence-electron chi connectivity index (χ4n) is 1.52. The van der Waals surface area contributed by atoms with Crippen LogP contribution in [0.3, 0.4) is 0 Å². The molecule has 8 heteroatoms. The highest BCUT2D eigenvalue weighted by Gasteiger charge is 2.30. The summed E-state index contributed by atoms with van der Waals surface area (Å²) in [5, 5.41) is 2.88. The number of hydrogen-bond acceptors (Lipinski definition) is 4. The van der Waals surface area contributed by atoms with Crippen LogP contribution in [0, 0.1) is 0 Å². The average Bonchev–Trinajstić information content (AvgIpc) is 2.40. The average molecular weight is 303 g/mol. The van der Waals surface area contributed by atoms with E-state index in [1.54, 1.807) is 18.2 Å². The Labute approximate surface area is 117 Å². The molecule has 0 radical (unpaired) electrons. The SMILES string of the molecule is NNc1cccc(Nc2cc(C(F)(F)F)ccc2Cl)n1. The maximum absolute atomic E-state index is 12.6. The smallest absolute Gasteiger partial charge is 0.339 e. The van der Waals surface area contributed by atoms with Gasteiger partial charge >= 0.3 is 6.18 Å². The molecule has 2 rings (SSSR count). The van der Waals surface area contributed by atoms with Crippen molar-refractivity contribution >= 4 is 28.9 Å². The van der Waals surface area contributed by atoms with E-state index < -0.39 is 11.7 Å². The molecule has 106 valence electrons. The molecule has 0 saturated carbocycles. The predicted octanol–water partition coefficient (Wildman–Crippen LogP) is 3.78. The number of rotatable bonds is 3. The summed E-state index contributed by atoms with van der Waals surface area (Å²) in [4.78, 5) is 4.03. The first kappa shape index (κ1) is 14.4. The van der Waals surface area contributed by atoms with Crippen molar-refractivity contribution in [2.45, 2.75) is 6.18 Å². The van der Waals surface area contributed by atoms with Crippen molar-refractivity contribution in [3.8, 4) is 0 Å². The summed E-state index contributed by atoms with van der Waals surface area (Å²) in [6.45, 7) is 0. The van der Waals surface area contributed by atoms with Crippen LogP contribution in [0.15, 0.2) is 36.4 Å². The predicted molar refractivity (Wildman–Crippen MR) is 71.8 cm³/mol. The van der Waals surface area contributed by atoms with Crippen molar-refractivity contribution in [3.05, 3.63) is 47.0 Å². The van der Waals surface area contributed by atoms with Gasteiger partial charge in [-0.25, -0.2) is 10.8 Å². The Morgan fingerprint density at radius 3 is 2.45 bits per heavy atom. The summed E-state index contributed by atoms with van der Waals surface area (Å²) < 4.78 is 37.9. The van der Waals surface area contributed by atoms with Gasteiger partial charge in [0.15, 0.2) is 0 Å². The molecule has 1 aromatic heterocycles. The lowest BCUT2D eigenvalue weighted by molar-refractivity contribution is -0.137. The Balaban J connectivity index is 2.32. The van der Waals surface area contributed by atoms with Crippen LogP contribution in [0.25, 0.3) is 0 Å². The van der Waals surface area contributed by atoms with Gasteiger partial charge in [-0.05, 0) is 30.3 Å². The molecule has 20 heavy (non-hydrogen) atoms. The quantitative estimate of drug-likeness (QED) is 0.596. The fraction of sp³-hybridized carbons (Fsp3) is 0.0833. The molecule has 0 saturated heterocycles. The summed E-state index contributed by atoms with van der Waals surface area (Å²) in [6, 6.07) is 7.85. The summed E-state index contributed by atoms with van der Waals surface area (Å²) in [7, 11) is 0. The van der Waals surface area contributed by atoms with Crippen LogP contribution < -0.4 is 16.6 Å². The zero-order valence-corrected chi connectivity index (χ0v) is 10.8. The van der Waals surface area contributed by atoms with E-state index in [-0.39, 0.29) is 10.7 Å². The van der Waals surface area contributed by atoms with Crippen LogP contribution in [-0.2, 0) is 6.18 Å². The molecule has 4 N–H and O–H groups in total. The summed E-state index contributed by atoms with van der Waals surface area (Å²) >= 11 is 5.87. The summed E-state index contributed by atoms with van der Waals surface area (Å²) in [6.07, 6.45) is -4.44. The summed E-state index contributed by atoms with van der Waals surface area (Å²) in [5.41, 5.74) is 1.66. The van der Waals surface area contributed by atoms with Gasteiger partial charge < -0.3 is 10.7 Å². The zero-order valence-electron chi connectivity index (χ0n) is 10.0. The van der Waals surface area contributed by atoms with E-state index in [2.05, 4.69) is 15.7 Å². The van der Waals surface area contributed by atoms with Crippen molar-refractivity contribution in [2.75, 3.05) is 10.7 Å². The molecule has 0 fully saturated rings. The van der Waals surface area contributed by atoms with E-state index in [1.807, 2.05) is 0 Å². The normalized spacial score (nSPS) is 11.2. The minimum atomic E-state index is -4.44. The number of hydrazine groups is 1. The molecule has 0 aliphatic carbocycles. The third-order valence-corrected chi connectivity index (χ3v) is 2.78. The third-order valence-electron chi connectivity index (χ3n) is 2.45. The molecule has 0 spiro atoms. The Morgan fingerprint density at radius 2 is 1.80 bits per heavy atom. The van der Waals surface area contributed by atoms with Crippen LogP contribution in [0.4, 0.5) is 30.5 Å². The first-order valence-corrected chi connectivity index (χ1v) is 5.85. The van der Waals surface area contributed by atoms with Crippen molar-refractivity contribution < 1.29 is 13.2 Å². The molecule has 0 atom stereocenters. The van der Waals surface area contributed by atoms with Crippen LogP contribution in [-0.4, -0.2) is 4.98 Å².